The number of aromatic nitrogens is 1. The fourth-order valence-electron chi connectivity index (χ4n) is 3.60. The van der Waals surface area contributed by atoms with E-state index in [0.717, 1.165) is 16.7 Å². The summed E-state index contributed by atoms with van der Waals surface area (Å²) >= 11 is 0. The number of fused-ring (bicyclic) bond motifs is 2. The van der Waals surface area contributed by atoms with Crippen LogP contribution < -0.4 is 22.5 Å². The van der Waals surface area contributed by atoms with Gasteiger partial charge < -0.3 is 22.5 Å². The summed E-state index contributed by atoms with van der Waals surface area (Å²) in [7, 11) is 0. The van der Waals surface area contributed by atoms with Gasteiger partial charge in [-0.15, -0.1) is 0 Å². The fraction of sp³-hybridized carbons (Fsp3) is 0.0741. The highest BCUT2D eigenvalue weighted by Gasteiger charge is 2.19. The highest BCUT2D eigenvalue weighted by molar-refractivity contribution is 6.06. The van der Waals surface area contributed by atoms with Crippen LogP contribution in [0.1, 0.15) is 27.1 Å². The maximum Gasteiger partial charge on any atom is 0.262 e. The van der Waals surface area contributed by atoms with Gasteiger partial charge in [0.2, 0.25) is 5.91 Å². The molecule has 2 aromatic heterocycles. The number of benzene rings is 3. The summed E-state index contributed by atoms with van der Waals surface area (Å²) in [6, 6.07) is 23.2. The molecular weight excluding hydrogens is 442 g/mol. The molecule has 2 bridgehead atoms. The summed E-state index contributed by atoms with van der Waals surface area (Å²) in [5.41, 5.74) is 19.7. The number of amides is 2. The molecule has 0 unspecified atom stereocenters. The van der Waals surface area contributed by atoms with Crippen LogP contribution in [-0.4, -0.2) is 28.0 Å². The van der Waals surface area contributed by atoms with Crippen molar-refractivity contribution in [2.24, 2.45) is 17.2 Å². The Kier molecular flexibility index (Phi) is 6.59. The SMILES string of the molecule is NC(=O)c1ccc(C(=O)n2c3ccc2cc3)cc1.NC1(N)C=CC(C(=O)Nc2ccccc2)=CC1. The number of para-hydroxylation sites is 1. The van der Waals surface area contributed by atoms with Crippen LogP contribution in [-0.2, 0) is 4.79 Å². The van der Waals surface area contributed by atoms with Gasteiger partial charge >= 0.3 is 0 Å². The van der Waals surface area contributed by atoms with E-state index in [2.05, 4.69) is 5.32 Å². The van der Waals surface area contributed by atoms with Crippen molar-refractivity contribution in [1.29, 1.82) is 0 Å². The Balaban J connectivity index is 0.000000165. The van der Waals surface area contributed by atoms with E-state index in [9.17, 15) is 14.4 Å². The third-order valence-electron chi connectivity index (χ3n) is 5.53. The standard InChI is InChI=1S/C14H10N2O2.C13H15N3O/c15-13(17)9-1-3-10(4-2-9)14(18)16-11-5-6-12(16)8-7-11;14-13(15)8-6-10(7-9-13)12(17)16-11-4-2-1-3-5-11/h1-8H,(H2,15,17);1-8H,9,14-15H2,(H,16,17). The number of carbonyl (C=O) groups excluding carboxylic acids is 3. The zero-order valence-electron chi connectivity index (χ0n) is 18.8. The van der Waals surface area contributed by atoms with Gasteiger partial charge in [0, 0.05) is 39.8 Å². The first-order chi connectivity index (χ1) is 16.7. The topological polar surface area (TPSA) is 146 Å². The van der Waals surface area contributed by atoms with Gasteiger partial charge in [-0.2, -0.15) is 0 Å². The van der Waals surface area contributed by atoms with E-state index in [1.165, 1.54) is 0 Å². The molecular formula is C27H25N5O3. The maximum absolute atomic E-state index is 12.3. The van der Waals surface area contributed by atoms with E-state index in [4.69, 9.17) is 17.2 Å². The molecule has 0 aliphatic heterocycles. The van der Waals surface area contributed by atoms with E-state index in [1.807, 2.05) is 54.6 Å². The Morgan fingerprint density at radius 3 is 1.89 bits per heavy atom. The lowest BCUT2D eigenvalue weighted by Crippen LogP contribution is -2.47. The molecule has 2 aromatic carbocycles. The molecule has 0 saturated heterocycles. The minimum Gasteiger partial charge on any atom is -0.366 e. The van der Waals surface area contributed by atoms with Crippen molar-refractivity contribution in [3.05, 3.63) is 114 Å². The van der Waals surface area contributed by atoms with Crippen molar-refractivity contribution in [2.75, 3.05) is 5.32 Å². The summed E-state index contributed by atoms with van der Waals surface area (Å²) < 4.78 is 1.64. The predicted octanol–water partition coefficient (Wildman–Crippen LogP) is 2.99. The van der Waals surface area contributed by atoms with Crippen LogP contribution >= 0.6 is 0 Å². The molecule has 0 spiro atoms. The lowest BCUT2D eigenvalue weighted by molar-refractivity contribution is -0.112. The van der Waals surface area contributed by atoms with Gasteiger partial charge in [0.25, 0.3) is 11.8 Å². The van der Waals surface area contributed by atoms with Crippen LogP contribution in [0.15, 0.2) is 103 Å². The van der Waals surface area contributed by atoms with Crippen molar-refractivity contribution in [1.82, 2.24) is 4.57 Å². The van der Waals surface area contributed by atoms with Crippen LogP contribution in [0.3, 0.4) is 0 Å². The summed E-state index contributed by atoms with van der Waals surface area (Å²) in [5, 5.41) is 2.80. The lowest BCUT2D eigenvalue weighted by Gasteiger charge is -2.22. The van der Waals surface area contributed by atoms with Gasteiger partial charge in [-0.3, -0.25) is 19.0 Å². The van der Waals surface area contributed by atoms with E-state index in [1.54, 1.807) is 47.1 Å². The monoisotopic (exact) mass is 467 g/mol. The molecule has 0 fully saturated rings. The van der Waals surface area contributed by atoms with Crippen molar-refractivity contribution in [2.45, 2.75) is 12.1 Å². The molecule has 35 heavy (non-hydrogen) atoms. The van der Waals surface area contributed by atoms with Crippen LogP contribution in [0.4, 0.5) is 5.69 Å². The highest BCUT2D eigenvalue weighted by Crippen LogP contribution is 2.19. The first-order valence-electron chi connectivity index (χ1n) is 10.9. The number of hydrogen-bond donors (Lipinski definition) is 4. The summed E-state index contributed by atoms with van der Waals surface area (Å²) in [6.45, 7) is 0. The second-order valence-corrected chi connectivity index (χ2v) is 8.23. The molecule has 7 N–H and O–H groups in total. The molecule has 2 heterocycles. The van der Waals surface area contributed by atoms with E-state index in [-0.39, 0.29) is 11.8 Å². The van der Waals surface area contributed by atoms with E-state index >= 15 is 0 Å². The Hall–Kier alpha value is -4.53. The molecule has 1 aliphatic rings. The van der Waals surface area contributed by atoms with Crippen molar-refractivity contribution in [3.8, 4) is 0 Å². The number of nitrogens with two attached hydrogens (primary N) is 3. The highest BCUT2D eigenvalue weighted by atomic mass is 16.2. The van der Waals surface area contributed by atoms with Gasteiger partial charge in [-0.25, -0.2) is 0 Å². The van der Waals surface area contributed by atoms with Gasteiger partial charge in [0.05, 0.1) is 5.66 Å². The quantitative estimate of drug-likeness (QED) is 0.341. The van der Waals surface area contributed by atoms with Crippen LogP contribution in [0.25, 0.3) is 11.0 Å². The molecule has 8 nitrogen and oxygen atoms in total. The Morgan fingerprint density at radius 2 is 1.37 bits per heavy atom. The molecule has 8 heteroatoms. The lowest BCUT2D eigenvalue weighted by atomic mass is 9.98. The molecule has 1 aliphatic carbocycles. The molecule has 176 valence electrons. The van der Waals surface area contributed by atoms with Crippen LogP contribution in [0.5, 0.6) is 0 Å². The number of primary amides is 1. The molecule has 5 rings (SSSR count). The van der Waals surface area contributed by atoms with Gasteiger partial charge in [-0.1, -0.05) is 30.4 Å². The van der Waals surface area contributed by atoms with Crippen molar-refractivity contribution in [3.63, 3.8) is 0 Å². The average molecular weight is 468 g/mol. The van der Waals surface area contributed by atoms with E-state index < -0.39 is 11.6 Å². The zero-order chi connectivity index (χ0) is 25.0. The number of nitrogens with zero attached hydrogens (tertiary/aromatic N) is 1. The summed E-state index contributed by atoms with van der Waals surface area (Å²) in [6.07, 6.45) is 5.51. The Labute approximate surface area is 202 Å². The number of hydrogen-bond acceptors (Lipinski definition) is 5. The molecule has 0 atom stereocenters. The Morgan fingerprint density at radius 1 is 0.800 bits per heavy atom. The number of carbonyl (C=O) groups is 3. The largest absolute Gasteiger partial charge is 0.366 e. The number of nitrogens with one attached hydrogen (secondary N) is 1. The maximum atomic E-state index is 12.3. The minimum atomic E-state index is -0.837. The first-order valence-corrected chi connectivity index (χ1v) is 10.9. The summed E-state index contributed by atoms with van der Waals surface area (Å²) in [4.78, 5) is 35.1. The minimum absolute atomic E-state index is 0.106. The van der Waals surface area contributed by atoms with Crippen molar-refractivity contribution >= 4 is 34.4 Å². The second kappa shape index (κ2) is 9.76. The normalized spacial score (nSPS) is 14.1. The average Bonchev–Trinajstić information content (AvgIpc) is 3.45. The predicted molar refractivity (Wildman–Crippen MR) is 136 cm³/mol. The summed E-state index contributed by atoms with van der Waals surface area (Å²) in [5.74, 6) is -0.753. The fourth-order valence-corrected chi connectivity index (χ4v) is 3.60. The van der Waals surface area contributed by atoms with Gasteiger partial charge in [-0.05, 0) is 66.7 Å². The van der Waals surface area contributed by atoms with E-state index in [0.29, 0.717) is 23.1 Å². The molecule has 2 amide bonds. The molecule has 0 saturated carbocycles. The van der Waals surface area contributed by atoms with Crippen molar-refractivity contribution < 1.29 is 14.4 Å². The second-order valence-electron chi connectivity index (χ2n) is 8.23. The third kappa shape index (κ3) is 5.52. The van der Waals surface area contributed by atoms with Crippen LogP contribution in [0.2, 0.25) is 0 Å². The first kappa shape index (κ1) is 23.6. The molecule has 0 radical (unpaired) electrons. The third-order valence-corrected chi connectivity index (χ3v) is 5.53. The number of anilines is 1. The van der Waals surface area contributed by atoms with Gasteiger partial charge in [0.15, 0.2) is 0 Å². The number of rotatable bonds is 4. The van der Waals surface area contributed by atoms with Gasteiger partial charge in [0.1, 0.15) is 0 Å². The smallest absolute Gasteiger partial charge is 0.262 e. The van der Waals surface area contributed by atoms with Crippen LogP contribution in [0, 0.1) is 0 Å². The Bertz CT molecular complexity index is 1370. The zero-order valence-corrected chi connectivity index (χ0v) is 18.8. The molecule has 4 aromatic rings.